The SMILES string of the molecule is CC1CCCN(S(=O)(=O)N(CCC#N)CC2CC2)C1. The summed E-state index contributed by atoms with van der Waals surface area (Å²) in [6.45, 7) is 4.27. The average Bonchev–Trinajstić information content (AvgIpc) is 3.18. The van der Waals surface area contributed by atoms with Crippen LogP contribution in [0.5, 0.6) is 0 Å². The van der Waals surface area contributed by atoms with Crippen LogP contribution in [-0.4, -0.2) is 43.2 Å². The van der Waals surface area contributed by atoms with E-state index in [9.17, 15) is 8.42 Å². The summed E-state index contributed by atoms with van der Waals surface area (Å²) in [7, 11) is -3.37. The Hall–Kier alpha value is -0.640. The lowest BCUT2D eigenvalue weighted by atomic mass is 10.0. The van der Waals surface area contributed by atoms with Gasteiger partial charge in [0.25, 0.3) is 10.2 Å². The molecule has 108 valence electrons. The molecule has 0 spiro atoms. The van der Waals surface area contributed by atoms with E-state index in [0.717, 1.165) is 25.7 Å². The van der Waals surface area contributed by atoms with Gasteiger partial charge in [0.15, 0.2) is 0 Å². The maximum Gasteiger partial charge on any atom is 0.282 e. The molecule has 1 atom stereocenters. The topological polar surface area (TPSA) is 64.4 Å². The zero-order valence-electron chi connectivity index (χ0n) is 11.6. The Morgan fingerprint density at radius 2 is 2.11 bits per heavy atom. The molecule has 1 saturated heterocycles. The Morgan fingerprint density at radius 1 is 1.37 bits per heavy atom. The van der Waals surface area contributed by atoms with E-state index in [0.29, 0.717) is 38.0 Å². The molecule has 2 aliphatic rings. The van der Waals surface area contributed by atoms with E-state index in [1.807, 2.05) is 0 Å². The second kappa shape index (κ2) is 6.21. The quantitative estimate of drug-likeness (QED) is 0.744. The minimum atomic E-state index is -3.37. The van der Waals surface area contributed by atoms with Crippen molar-refractivity contribution in [3.8, 4) is 6.07 Å². The summed E-state index contributed by atoms with van der Waals surface area (Å²) in [6.07, 6.45) is 4.56. The first kappa shape index (κ1) is 14.8. The van der Waals surface area contributed by atoms with Gasteiger partial charge in [-0.3, -0.25) is 0 Å². The highest BCUT2D eigenvalue weighted by molar-refractivity contribution is 7.86. The van der Waals surface area contributed by atoms with Gasteiger partial charge in [0.1, 0.15) is 0 Å². The van der Waals surface area contributed by atoms with Gasteiger partial charge in [-0.1, -0.05) is 6.92 Å². The Kier molecular flexibility index (Phi) is 4.82. The van der Waals surface area contributed by atoms with Crippen molar-refractivity contribution in [2.24, 2.45) is 11.8 Å². The van der Waals surface area contributed by atoms with Gasteiger partial charge in [-0.2, -0.15) is 22.3 Å². The lowest BCUT2D eigenvalue weighted by Gasteiger charge is -2.34. The number of nitrogens with zero attached hydrogens (tertiary/aromatic N) is 3. The molecule has 0 aromatic carbocycles. The molecule has 1 unspecified atom stereocenters. The molecule has 1 heterocycles. The highest BCUT2D eigenvalue weighted by Gasteiger charge is 2.35. The standard InChI is InChI=1S/C13H23N3O2S/c1-12-4-2-8-15(10-12)19(17,18)16(9-3-7-14)11-13-5-6-13/h12-13H,2-6,8-11H2,1H3. The average molecular weight is 285 g/mol. The van der Waals surface area contributed by atoms with Crippen molar-refractivity contribution in [3.05, 3.63) is 0 Å². The van der Waals surface area contributed by atoms with E-state index >= 15 is 0 Å². The fourth-order valence-corrected chi connectivity index (χ4v) is 4.43. The lowest BCUT2D eigenvalue weighted by Crippen LogP contribution is -2.48. The van der Waals surface area contributed by atoms with Gasteiger partial charge in [-0.15, -0.1) is 0 Å². The summed E-state index contributed by atoms with van der Waals surface area (Å²) in [5.74, 6) is 0.943. The van der Waals surface area contributed by atoms with Crippen molar-refractivity contribution in [2.45, 2.75) is 39.0 Å². The number of hydrogen-bond acceptors (Lipinski definition) is 3. The van der Waals surface area contributed by atoms with Crippen LogP contribution in [0.25, 0.3) is 0 Å². The maximum absolute atomic E-state index is 12.6. The molecule has 2 rings (SSSR count). The van der Waals surface area contributed by atoms with Gasteiger partial charge in [-0.05, 0) is 37.5 Å². The number of rotatable bonds is 6. The van der Waals surface area contributed by atoms with Crippen LogP contribution in [0.2, 0.25) is 0 Å². The molecule has 1 aliphatic heterocycles. The van der Waals surface area contributed by atoms with Gasteiger partial charge in [-0.25, -0.2) is 0 Å². The van der Waals surface area contributed by atoms with Crippen molar-refractivity contribution >= 4 is 10.2 Å². The van der Waals surface area contributed by atoms with Crippen LogP contribution in [-0.2, 0) is 10.2 Å². The molecule has 0 bridgehead atoms. The predicted molar refractivity (Wildman–Crippen MR) is 73.4 cm³/mol. The molecule has 0 N–H and O–H groups in total. The molecule has 0 aromatic rings. The first-order valence-electron chi connectivity index (χ1n) is 7.16. The molecular weight excluding hydrogens is 262 g/mol. The molecule has 2 fully saturated rings. The smallest absolute Gasteiger partial charge is 0.198 e. The minimum absolute atomic E-state index is 0.273. The molecule has 0 amide bonds. The first-order chi connectivity index (χ1) is 9.04. The third kappa shape index (κ3) is 3.91. The predicted octanol–water partition coefficient (Wildman–Crippen LogP) is 1.59. The Labute approximate surface area is 116 Å². The fraction of sp³-hybridized carbons (Fsp3) is 0.923. The maximum atomic E-state index is 12.6. The Morgan fingerprint density at radius 3 is 2.68 bits per heavy atom. The lowest BCUT2D eigenvalue weighted by molar-refractivity contribution is 0.256. The van der Waals surface area contributed by atoms with Gasteiger partial charge >= 0.3 is 0 Å². The summed E-state index contributed by atoms with van der Waals surface area (Å²) in [6, 6.07) is 2.05. The van der Waals surface area contributed by atoms with Crippen molar-refractivity contribution < 1.29 is 8.42 Å². The highest BCUT2D eigenvalue weighted by atomic mass is 32.2. The molecule has 0 aromatic heterocycles. The van der Waals surface area contributed by atoms with Crippen LogP contribution in [0.15, 0.2) is 0 Å². The molecule has 19 heavy (non-hydrogen) atoms. The summed E-state index contributed by atoms with van der Waals surface area (Å²) in [4.78, 5) is 0. The van der Waals surface area contributed by atoms with E-state index < -0.39 is 10.2 Å². The van der Waals surface area contributed by atoms with Gasteiger partial charge in [0.05, 0.1) is 6.07 Å². The van der Waals surface area contributed by atoms with E-state index in [-0.39, 0.29) is 6.42 Å². The molecule has 5 nitrogen and oxygen atoms in total. The van der Waals surface area contributed by atoms with Crippen LogP contribution in [0.4, 0.5) is 0 Å². The number of piperidine rings is 1. The number of hydrogen-bond donors (Lipinski definition) is 0. The largest absolute Gasteiger partial charge is 0.282 e. The zero-order chi connectivity index (χ0) is 13.9. The van der Waals surface area contributed by atoms with E-state index in [4.69, 9.17) is 5.26 Å². The zero-order valence-corrected chi connectivity index (χ0v) is 12.4. The summed E-state index contributed by atoms with van der Waals surface area (Å²) >= 11 is 0. The third-order valence-corrected chi connectivity index (χ3v) is 5.87. The van der Waals surface area contributed by atoms with E-state index in [1.165, 1.54) is 4.31 Å². The molecular formula is C13H23N3O2S. The van der Waals surface area contributed by atoms with Crippen LogP contribution in [0.3, 0.4) is 0 Å². The third-order valence-electron chi connectivity index (χ3n) is 3.90. The fourth-order valence-electron chi connectivity index (χ4n) is 2.58. The highest BCUT2D eigenvalue weighted by Crippen LogP contribution is 2.31. The van der Waals surface area contributed by atoms with Gasteiger partial charge in [0.2, 0.25) is 0 Å². The van der Waals surface area contributed by atoms with Crippen molar-refractivity contribution in [3.63, 3.8) is 0 Å². The van der Waals surface area contributed by atoms with Crippen LogP contribution < -0.4 is 0 Å². The molecule has 1 saturated carbocycles. The molecule has 1 aliphatic carbocycles. The monoisotopic (exact) mass is 285 g/mol. The molecule has 0 radical (unpaired) electrons. The summed E-state index contributed by atoms with van der Waals surface area (Å²) in [5.41, 5.74) is 0. The second-order valence-corrected chi connectivity index (χ2v) is 7.75. The van der Waals surface area contributed by atoms with E-state index in [1.54, 1.807) is 4.31 Å². The second-order valence-electron chi connectivity index (χ2n) is 5.82. The molecule has 6 heteroatoms. The Balaban J connectivity index is 2.05. The van der Waals surface area contributed by atoms with Gasteiger partial charge < -0.3 is 0 Å². The van der Waals surface area contributed by atoms with Crippen molar-refractivity contribution in [1.29, 1.82) is 5.26 Å². The first-order valence-corrected chi connectivity index (χ1v) is 8.56. The van der Waals surface area contributed by atoms with Crippen LogP contribution in [0.1, 0.15) is 39.0 Å². The van der Waals surface area contributed by atoms with Crippen molar-refractivity contribution in [1.82, 2.24) is 8.61 Å². The summed E-state index contributed by atoms with van der Waals surface area (Å²) in [5, 5.41) is 8.70. The van der Waals surface area contributed by atoms with E-state index in [2.05, 4.69) is 13.0 Å². The van der Waals surface area contributed by atoms with Crippen LogP contribution in [0, 0.1) is 23.2 Å². The minimum Gasteiger partial charge on any atom is -0.198 e. The Bertz CT molecular complexity index is 439. The van der Waals surface area contributed by atoms with Crippen molar-refractivity contribution in [2.75, 3.05) is 26.2 Å². The number of nitriles is 1. The summed E-state index contributed by atoms with van der Waals surface area (Å²) < 4.78 is 28.4. The van der Waals surface area contributed by atoms with Gasteiger partial charge in [0, 0.05) is 32.6 Å². The normalized spacial score (nSPS) is 25.4. The van der Waals surface area contributed by atoms with Crippen LogP contribution >= 0.6 is 0 Å².